The molecule has 0 fully saturated rings. The van der Waals surface area contributed by atoms with Crippen molar-refractivity contribution in [2.75, 3.05) is 6.54 Å². The number of benzene rings is 1. The number of rotatable bonds is 10. The zero-order valence-electron chi connectivity index (χ0n) is 12.7. The standard InChI is InChI=1S/C17H27BrClN/c1-3-5-6-7-8-9-17(20-10-4-2)14-11-15(18)13-16(19)12-14/h11-13,17,20H,3-10H2,1-2H3. The molecule has 1 nitrogen and oxygen atoms in total. The molecule has 0 radical (unpaired) electrons. The van der Waals surface area contributed by atoms with E-state index in [1.54, 1.807) is 0 Å². The zero-order valence-corrected chi connectivity index (χ0v) is 15.1. The van der Waals surface area contributed by atoms with Gasteiger partial charge in [0.2, 0.25) is 0 Å². The maximum atomic E-state index is 6.17. The van der Waals surface area contributed by atoms with Gasteiger partial charge >= 0.3 is 0 Å². The summed E-state index contributed by atoms with van der Waals surface area (Å²) in [4.78, 5) is 0. The number of halogens is 2. The molecule has 0 spiro atoms. The highest BCUT2D eigenvalue weighted by atomic mass is 79.9. The van der Waals surface area contributed by atoms with Gasteiger partial charge in [0.25, 0.3) is 0 Å². The molecule has 1 unspecified atom stereocenters. The normalized spacial score (nSPS) is 12.6. The van der Waals surface area contributed by atoms with Gasteiger partial charge in [-0.05, 0) is 43.1 Å². The molecule has 0 aliphatic carbocycles. The van der Waals surface area contributed by atoms with Crippen molar-refractivity contribution in [2.45, 2.75) is 64.8 Å². The first-order valence-electron chi connectivity index (χ1n) is 7.86. The van der Waals surface area contributed by atoms with Crippen LogP contribution in [0.2, 0.25) is 5.02 Å². The van der Waals surface area contributed by atoms with Crippen molar-refractivity contribution in [3.05, 3.63) is 33.3 Å². The van der Waals surface area contributed by atoms with Crippen LogP contribution in [-0.4, -0.2) is 6.54 Å². The smallest absolute Gasteiger partial charge is 0.0420 e. The van der Waals surface area contributed by atoms with E-state index < -0.39 is 0 Å². The molecule has 0 saturated heterocycles. The summed E-state index contributed by atoms with van der Waals surface area (Å²) in [5.74, 6) is 0. The molecule has 1 atom stereocenters. The third-order valence-corrected chi connectivity index (χ3v) is 4.20. The van der Waals surface area contributed by atoms with Gasteiger partial charge in [-0.2, -0.15) is 0 Å². The average Bonchev–Trinajstić information content (AvgIpc) is 2.40. The number of unbranched alkanes of at least 4 members (excludes halogenated alkanes) is 4. The van der Waals surface area contributed by atoms with Crippen LogP contribution in [0.4, 0.5) is 0 Å². The lowest BCUT2D eigenvalue weighted by Crippen LogP contribution is -2.22. The lowest BCUT2D eigenvalue weighted by molar-refractivity contribution is 0.468. The van der Waals surface area contributed by atoms with Crippen LogP contribution in [0.3, 0.4) is 0 Å². The van der Waals surface area contributed by atoms with Crippen molar-refractivity contribution in [3.63, 3.8) is 0 Å². The first kappa shape index (κ1) is 18.0. The first-order chi connectivity index (χ1) is 9.67. The number of hydrogen-bond acceptors (Lipinski definition) is 1. The summed E-state index contributed by atoms with van der Waals surface area (Å²) < 4.78 is 1.06. The molecule has 1 aromatic rings. The van der Waals surface area contributed by atoms with Crippen LogP contribution in [0.25, 0.3) is 0 Å². The third-order valence-electron chi connectivity index (χ3n) is 3.52. The fourth-order valence-electron chi connectivity index (χ4n) is 2.43. The van der Waals surface area contributed by atoms with E-state index >= 15 is 0 Å². The van der Waals surface area contributed by atoms with E-state index in [9.17, 15) is 0 Å². The van der Waals surface area contributed by atoms with E-state index in [0.29, 0.717) is 6.04 Å². The highest BCUT2D eigenvalue weighted by Crippen LogP contribution is 2.27. The highest BCUT2D eigenvalue weighted by molar-refractivity contribution is 9.10. The van der Waals surface area contributed by atoms with E-state index in [0.717, 1.165) is 22.5 Å². The van der Waals surface area contributed by atoms with Crippen LogP contribution in [0, 0.1) is 0 Å². The second-order valence-electron chi connectivity index (χ2n) is 5.41. The van der Waals surface area contributed by atoms with Gasteiger partial charge in [0.15, 0.2) is 0 Å². The maximum absolute atomic E-state index is 6.17. The Morgan fingerprint density at radius 2 is 1.80 bits per heavy atom. The topological polar surface area (TPSA) is 12.0 Å². The van der Waals surface area contributed by atoms with Crippen LogP contribution in [0.5, 0.6) is 0 Å². The molecule has 1 N–H and O–H groups in total. The molecular formula is C17H27BrClN. The Hall–Kier alpha value is -0.0500. The molecule has 0 amide bonds. The minimum atomic E-state index is 0.423. The summed E-state index contributed by atoms with van der Waals surface area (Å²) >= 11 is 9.71. The van der Waals surface area contributed by atoms with Gasteiger partial charge in [-0.15, -0.1) is 0 Å². The van der Waals surface area contributed by atoms with Crippen molar-refractivity contribution < 1.29 is 0 Å². The second-order valence-corrected chi connectivity index (χ2v) is 6.76. The molecule has 0 aliphatic heterocycles. The molecule has 1 aromatic carbocycles. The molecule has 0 aromatic heterocycles. The third kappa shape index (κ3) is 7.10. The van der Waals surface area contributed by atoms with Crippen LogP contribution < -0.4 is 5.32 Å². The summed E-state index contributed by atoms with van der Waals surface area (Å²) in [6.07, 6.45) is 8.99. The minimum absolute atomic E-state index is 0.423. The predicted octanol–water partition coefficient (Wildman–Crippen LogP) is 6.50. The van der Waals surface area contributed by atoms with Crippen molar-refractivity contribution >= 4 is 27.5 Å². The van der Waals surface area contributed by atoms with Crippen molar-refractivity contribution in [1.82, 2.24) is 5.32 Å². The van der Waals surface area contributed by atoms with Crippen LogP contribution in [0.1, 0.15) is 70.4 Å². The van der Waals surface area contributed by atoms with Crippen LogP contribution in [0.15, 0.2) is 22.7 Å². The van der Waals surface area contributed by atoms with Crippen molar-refractivity contribution in [3.8, 4) is 0 Å². The number of nitrogens with one attached hydrogen (secondary N) is 1. The Balaban J connectivity index is 2.58. The predicted molar refractivity (Wildman–Crippen MR) is 93.6 cm³/mol. The Kier molecular flexibility index (Phi) is 9.58. The van der Waals surface area contributed by atoms with Gasteiger partial charge in [-0.25, -0.2) is 0 Å². The molecule has 3 heteroatoms. The quantitative estimate of drug-likeness (QED) is 0.469. The first-order valence-corrected chi connectivity index (χ1v) is 9.03. The Morgan fingerprint density at radius 3 is 2.45 bits per heavy atom. The summed E-state index contributed by atoms with van der Waals surface area (Å²) in [7, 11) is 0. The van der Waals surface area contributed by atoms with E-state index in [-0.39, 0.29) is 0 Å². The molecule has 0 bridgehead atoms. The second kappa shape index (κ2) is 10.6. The maximum Gasteiger partial charge on any atom is 0.0420 e. The highest BCUT2D eigenvalue weighted by Gasteiger charge is 2.11. The average molecular weight is 361 g/mol. The number of hydrogen-bond donors (Lipinski definition) is 1. The van der Waals surface area contributed by atoms with Crippen molar-refractivity contribution in [1.29, 1.82) is 0 Å². The fourth-order valence-corrected chi connectivity index (χ4v) is 3.32. The summed E-state index contributed by atoms with van der Waals surface area (Å²) in [5, 5.41) is 4.46. The van der Waals surface area contributed by atoms with Gasteiger partial charge < -0.3 is 5.32 Å². The monoisotopic (exact) mass is 359 g/mol. The SMILES string of the molecule is CCCCCCCC(NCCC)c1cc(Cl)cc(Br)c1. The van der Waals surface area contributed by atoms with Gasteiger partial charge in [-0.1, -0.05) is 73.5 Å². The largest absolute Gasteiger partial charge is 0.310 e. The van der Waals surface area contributed by atoms with Gasteiger partial charge in [0.1, 0.15) is 0 Å². The lowest BCUT2D eigenvalue weighted by Gasteiger charge is -2.19. The van der Waals surface area contributed by atoms with E-state index in [2.05, 4.69) is 47.2 Å². The Bertz CT molecular complexity index is 361. The summed E-state index contributed by atoms with van der Waals surface area (Å²) in [6.45, 7) is 5.53. The van der Waals surface area contributed by atoms with Crippen LogP contribution in [-0.2, 0) is 0 Å². The molecule has 0 aliphatic rings. The molecular weight excluding hydrogens is 334 g/mol. The van der Waals surface area contributed by atoms with E-state index in [1.807, 2.05) is 6.07 Å². The van der Waals surface area contributed by atoms with Crippen molar-refractivity contribution in [2.24, 2.45) is 0 Å². The van der Waals surface area contributed by atoms with Gasteiger partial charge in [-0.3, -0.25) is 0 Å². The molecule has 0 saturated carbocycles. The van der Waals surface area contributed by atoms with Gasteiger partial charge in [0.05, 0.1) is 0 Å². The lowest BCUT2D eigenvalue weighted by atomic mass is 9.99. The molecule has 20 heavy (non-hydrogen) atoms. The van der Waals surface area contributed by atoms with E-state index in [4.69, 9.17) is 11.6 Å². The Labute approximate surface area is 137 Å². The summed E-state index contributed by atoms with van der Waals surface area (Å²) in [5.41, 5.74) is 1.30. The van der Waals surface area contributed by atoms with Crippen LogP contribution >= 0.6 is 27.5 Å². The fraction of sp³-hybridized carbons (Fsp3) is 0.647. The summed E-state index contributed by atoms with van der Waals surface area (Å²) in [6, 6.07) is 6.65. The van der Waals surface area contributed by atoms with Gasteiger partial charge in [0, 0.05) is 15.5 Å². The minimum Gasteiger partial charge on any atom is -0.310 e. The molecule has 1 rings (SSSR count). The zero-order chi connectivity index (χ0) is 14.8. The molecule has 114 valence electrons. The molecule has 0 heterocycles. The van der Waals surface area contributed by atoms with E-state index in [1.165, 1.54) is 44.1 Å². The Morgan fingerprint density at radius 1 is 1.05 bits per heavy atom.